The largest absolute Gasteiger partial charge is 0.496 e. The van der Waals surface area contributed by atoms with Crippen LogP contribution in [0.15, 0.2) is 36.7 Å². The van der Waals surface area contributed by atoms with Crippen molar-refractivity contribution in [2.75, 3.05) is 7.11 Å². The molecular formula is C25H24F4N2O4. The summed E-state index contributed by atoms with van der Waals surface area (Å²) >= 11 is 0. The molecule has 2 fully saturated rings. The monoisotopic (exact) mass is 492 g/mol. The highest BCUT2D eigenvalue weighted by Gasteiger charge is 2.40. The van der Waals surface area contributed by atoms with Crippen LogP contribution >= 0.6 is 0 Å². The van der Waals surface area contributed by atoms with Crippen LogP contribution < -0.4 is 14.2 Å². The van der Waals surface area contributed by atoms with Crippen molar-refractivity contribution < 1.29 is 36.6 Å². The van der Waals surface area contributed by atoms with Crippen molar-refractivity contribution in [3.63, 3.8) is 0 Å². The standard InChI is InChI=1S/C25H24F4N2O4/c1-33-20-9-15(10-21(35-24(26)27)23(20)19(32)8-14-2-3-14)18-13-30-22-11-16(5-7-31(18)22)34-17-4-6-25(28,29)12-17/h5,7,9-11,13-14,17,24H,2-4,6,8,12H2,1H3. The second-order valence-electron chi connectivity index (χ2n) is 9.07. The van der Waals surface area contributed by atoms with E-state index in [1.54, 1.807) is 28.8 Å². The molecule has 0 radical (unpaired) electrons. The van der Waals surface area contributed by atoms with Crippen LogP contribution in [-0.4, -0.2) is 40.9 Å². The van der Waals surface area contributed by atoms with Gasteiger partial charge in [0.2, 0.25) is 0 Å². The van der Waals surface area contributed by atoms with E-state index in [4.69, 9.17) is 14.2 Å². The predicted octanol–water partition coefficient (Wildman–Crippen LogP) is 6.16. The summed E-state index contributed by atoms with van der Waals surface area (Å²) in [6.45, 7) is -3.12. The summed E-state index contributed by atoms with van der Waals surface area (Å²) in [7, 11) is 1.36. The zero-order valence-corrected chi connectivity index (χ0v) is 19.0. The number of nitrogens with zero attached hydrogens (tertiary/aromatic N) is 2. The molecule has 1 atom stereocenters. The lowest BCUT2D eigenvalue weighted by Gasteiger charge is -2.16. The van der Waals surface area contributed by atoms with Crippen molar-refractivity contribution in [1.82, 2.24) is 9.38 Å². The van der Waals surface area contributed by atoms with E-state index in [2.05, 4.69) is 4.98 Å². The summed E-state index contributed by atoms with van der Waals surface area (Å²) in [6.07, 6.45) is 4.51. The SMILES string of the molecule is COc1cc(-c2cnc3cc(OC4CCC(F)(F)C4)ccn23)cc(OC(F)F)c1C(=O)CC1CC1. The first-order valence-electron chi connectivity index (χ1n) is 11.4. The molecule has 2 saturated carbocycles. The highest BCUT2D eigenvalue weighted by atomic mass is 19.3. The molecule has 2 aromatic heterocycles. The van der Waals surface area contributed by atoms with Gasteiger partial charge in [0.25, 0.3) is 5.92 Å². The van der Waals surface area contributed by atoms with Gasteiger partial charge in [0.1, 0.15) is 34.6 Å². The Labute approximate surface area is 198 Å². The predicted molar refractivity (Wildman–Crippen MR) is 119 cm³/mol. The van der Waals surface area contributed by atoms with Gasteiger partial charge in [-0.3, -0.25) is 9.20 Å². The first kappa shape index (κ1) is 23.4. The molecular weight excluding hydrogens is 468 g/mol. The fourth-order valence-corrected chi connectivity index (χ4v) is 4.50. The number of benzene rings is 1. The molecule has 2 aliphatic rings. The lowest BCUT2D eigenvalue weighted by molar-refractivity contribution is -0.0502. The smallest absolute Gasteiger partial charge is 0.387 e. The summed E-state index contributed by atoms with van der Waals surface area (Å²) in [6, 6.07) is 6.23. The number of ether oxygens (including phenoxy) is 3. The maximum absolute atomic E-state index is 13.5. The first-order chi connectivity index (χ1) is 16.7. The Balaban J connectivity index is 1.48. The minimum Gasteiger partial charge on any atom is -0.496 e. The Hall–Kier alpha value is -3.30. The van der Waals surface area contributed by atoms with Gasteiger partial charge >= 0.3 is 6.61 Å². The number of aromatic nitrogens is 2. The van der Waals surface area contributed by atoms with E-state index in [-0.39, 0.29) is 54.4 Å². The van der Waals surface area contributed by atoms with Gasteiger partial charge in [0.05, 0.1) is 19.0 Å². The number of ketones is 1. The van der Waals surface area contributed by atoms with Crippen LogP contribution in [0.2, 0.25) is 0 Å². The Morgan fingerprint density at radius 1 is 1.20 bits per heavy atom. The molecule has 5 rings (SSSR count). The Kier molecular flexibility index (Phi) is 6.06. The highest BCUT2D eigenvalue weighted by Crippen LogP contribution is 2.41. The molecule has 0 bridgehead atoms. The van der Waals surface area contributed by atoms with E-state index in [0.29, 0.717) is 22.7 Å². The molecule has 2 heterocycles. The molecule has 0 spiro atoms. The third kappa shape index (κ3) is 5.06. The number of rotatable bonds is 9. The number of methoxy groups -OCH3 is 1. The number of hydrogen-bond acceptors (Lipinski definition) is 5. The second kappa shape index (κ2) is 9.05. The molecule has 1 aromatic carbocycles. The lowest BCUT2D eigenvalue weighted by atomic mass is 10.00. The van der Waals surface area contributed by atoms with Crippen LogP contribution in [0.3, 0.4) is 0 Å². The van der Waals surface area contributed by atoms with Gasteiger partial charge in [-0.05, 0) is 43.4 Å². The molecule has 0 amide bonds. The maximum atomic E-state index is 13.5. The molecule has 35 heavy (non-hydrogen) atoms. The quantitative estimate of drug-likeness (QED) is 0.264. The topological polar surface area (TPSA) is 62.1 Å². The molecule has 0 saturated heterocycles. The molecule has 6 nitrogen and oxygen atoms in total. The van der Waals surface area contributed by atoms with Gasteiger partial charge < -0.3 is 14.2 Å². The van der Waals surface area contributed by atoms with E-state index < -0.39 is 18.6 Å². The molecule has 186 valence electrons. The minimum absolute atomic E-state index is 0.00122. The van der Waals surface area contributed by atoms with Crippen LogP contribution in [0.4, 0.5) is 17.6 Å². The van der Waals surface area contributed by atoms with E-state index in [9.17, 15) is 22.4 Å². The number of hydrogen-bond donors (Lipinski definition) is 0. The van der Waals surface area contributed by atoms with Gasteiger partial charge in [0.15, 0.2) is 5.78 Å². The van der Waals surface area contributed by atoms with Gasteiger partial charge in [-0.1, -0.05) is 0 Å². The normalized spacial score (nSPS) is 19.3. The molecule has 10 heteroatoms. The summed E-state index contributed by atoms with van der Waals surface area (Å²) < 4.78 is 70.9. The summed E-state index contributed by atoms with van der Waals surface area (Å²) in [5.74, 6) is -2.45. The van der Waals surface area contributed by atoms with Crippen LogP contribution in [0.25, 0.3) is 16.9 Å². The fourth-order valence-electron chi connectivity index (χ4n) is 4.50. The number of imidazole rings is 1. The number of carbonyl (C=O) groups is 1. The van der Waals surface area contributed by atoms with Gasteiger partial charge in [-0.25, -0.2) is 13.8 Å². The minimum atomic E-state index is -3.12. The Bertz CT molecular complexity index is 1260. The maximum Gasteiger partial charge on any atom is 0.387 e. The Morgan fingerprint density at radius 3 is 2.63 bits per heavy atom. The zero-order valence-electron chi connectivity index (χ0n) is 19.0. The third-order valence-electron chi connectivity index (χ3n) is 6.39. The van der Waals surface area contributed by atoms with Crippen molar-refractivity contribution in [3.8, 4) is 28.5 Å². The van der Waals surface area contributed by atoms with E-state index in [1.807, 2.05) is 0 Å². The number of carbonyl (C=O) groups excluding carboxylic acids is 1. The molecule has 2 aliphatic carbocycles. The summed E-state index contributed by atoms with van der Waals surface area (Å²) in [5, 5.41) is 0. The second-order valence-corrected chi connectivity index (χ2v) is 9.07. The van der Waals surface area contributed by atoms with E-state index in [1.165, 1.54) is 19.4 Å². The summed E-state index contributed by atoms with van der Waals surface area (Å²) in [4.78, 5) is 17.2. The van der Waals surface area contributed by atoms with Crippen molar-refractivity contribution >= 4 is 11.4 Å². The van der Waals surface area contributed by atoms with Crippen LogP contribution in [-0.2, 0) is 0 Å². The molecule has 0 N–H and O–H groups in total. The van der Waals surface area contributed by atoms with Crippen molar-refractivity contribution in [3.05, 3.63) is 42.2 Å². The van der Waals surface area contributed by atoms with Gasteiger partial charge in [-0.15, -0.1) is 0 Å². The number of fused-ring (bicyclic) bond motifs is 1. The first-order valence-corrected chi connectivity index (χ1v) is 11.4. The number of halogens is 4. The average Bonchev–Trinajstić information content (AvgIpc) is 3.40. The highest BCUT2D eigenvalue weighted by molar-refractivity contribution is 6.02. The lowest BCUT2D eigenvalue weighted by Crippen LogP contribution is -2.16. The Morgan fingerprint density at radius 2 is 1.97 bits per heavy atom. The summed E-state index contributed by atoms with van der Waals surface area (Å²) in [5.41, 5.74) is 1.47. The fraction of sp³-hybridized carbons (Fsp3) is 0.440. The van der Waals surface area contributed by atoms with Crippen LogP contribution in [0.5, 0.6) is 17.2 Å². The van der Waals surface area contributed by atoms with E-state index >= 15 is 0 Å². The average molecular weight is 492 g/mol. The van der Waals surface area contributed by atoms with Crippen LogP contribution in [0.1, 0.15) is 48.9 Å². The number of pyridine rings is 1. The van der Waals surface area contributed by atoms with Crippen LogP contribution in [0, 0.1) is 5.92 Å². The van der Waals surface area contributed by atoms with Gasteiger partial charge in [0, 0.05) is 37.1 Å². The van der Waals surface area contributed by atoms with Crippen molar-refractivity contribution in [2.45, 2.75) is 57.2 Å². The third-order valence-corrected chi connectivity index (χ3v) is 6.39. The molecule has 1 unspecified atom stereocenters. The van der Waals surface area contributed by atoms with Crippen molar-refractivity contribution in [2.24, 2.45) is 5.92 Å². The molecule has 0 aliphatic heterocycles. The molecule has 3 aromatic rings. The zero-order chi connectivity index (χ0) is 24.7. The van der Waals surface area contributed by atoms with E-state index in [0.717, 1.165) is 12.8 Å². The van der Waals surface area contributed by atoms with Crippen molar-refractivity contribution in [1.29, 1.82) is 0 Å². The number of Topliss-reactive ketones (excluding diaryl/α,β-unsaturated/α-hetero) is 1. The number of alkyl halides is 4. The van der Waals surface area contributed by atoms with Gasteiger partial charge in [-0.2, -0.15) is 8.78 Å².